The summed E-state index contributed by atoms with van der Waals surface area (Å²) < 4.78 is 5.58. The summed E-state index contributed by atoms with van der Waals surface area (Å²) in [5.74, 6) is 0.874. The van der Waals surface area contributed by atoms with E-state index in [9.17, 15) is 4.79 Å². The van der Waals surface area contributed by atoms with Gasteiger partial charge in [-0.3, -0.25) is 4.79 Å². The highest BCUT2D eigenvalue weighted by atomic mass is 35.5. The first kappa shape index (κ1) is 11.9. The number of nitrogens with zero attached hydrogens (tertiary/aromatic N) is 2. The number of halogens is 1. The van der Waals surface area contributed by atoms with Gasteiger partial charge < -0.3 is 10.1 Å². The van der Waals surface area contributed by atoms with Crippen LogP contribution in [0.4, 0.5) is 5.82 Å². The predicted octanol–water partition coefficient (Wildman–Crippen LogP) is 2.07. The molecule has 19 heavy (non-hydrogen) atoms. The van der Waals surface area contributed by atoms with Crippen LogP contribution in [0.5, 0.6) is 5.75 Å². The number of benzene rings is 1. The number of fused-ring (bicyclic) bond motifs is 1. The van der Waals surface area contributed by atoms with E-state index in [4.69, 9.17) is 16.3 Å². The molecule has 0 radical (unpaired) electrons. The highest BCUT2D eigenvalue weighted by Crippen LogP contribution is 2.28. The molecule has 0 saturated carbocycles. The van der Waals surface area contributed by atoms with Crippen LogP contribution in [0.3, 0.4) is 0 Å². The van der Waals surface area contributed by atoms with Gasteiger partial charge in [-0.1, -0.05) is 18.2 Å². The van der Waals surface area contributed by atoms with E-state index in [0.717, 1.165) is 11.3 Å². The lowest BCUT2D eigenvalue weighted by atomic mass is 10.1. The van der Waals surface area contributed by atoms with E-state index in [1.54, 1.807) is 6.07 Å². The highest BCUT2D eigenvalue weighted by Gasteiger charge is 2.28. The van der Waals surface area contributed by atoms with Crippen LogP contribution in [0.25, 0.3) is 0 Å². The summed E-state index contributed by atoms with van der Waals surface area (Å²) in [6, 6.07) is 9.18. The Morgan fingerprint density at radius 2 is 2.21 bits per heavy atom. The number of ether oxygens (including phenoxy) is 1. The fraction of sp³-hybridized carbons (Fsp3) is 0.154. The summed E-state index contributed by atoms with van der Waals surface area (Å²) in [5, 5.41) is 2.75. The molecule has 0 fully saturated rings. The number of anilines is 1. The van der Waals surface area contributed by atoms with Gasteiger partial charge in [0.05, 0.1) is 0 Å². The number of carbonyl (C=O) groups is 1. The second-order valence-electron chi connectivity index (χ2n) is 4.12. The van der Waals surface area contributed by atoms with Crippen LogP contribution < -0.4 is 10.1 Å². The number of amides is 1. The van der Waals surface area contributed by atoms with E-state index in [-0.39, 0.29) is 11.2 Å². The summed E-state index contributed by atoms with van der Waals surface area (Å²) >= 11 is 5.66. The standard InChI is InChI=1S/C13H10ClN3O2/c14-13-15-6-5-11(17-13)16-12(18)10-7-8-3-1-2-4-9(8)19-10/h1-6,10H,7H2,(H,15,16,17,18). The van der Waals surface area contributed by atoms with Gasteiger partial charge in [-0.25, -0.2) is 9.97 Å². The second kappa shape index (κ2) is 4.85. The molecule has 0 aliphatic carbocycles. The van der Waals surface area contributed by atoms with Crippen molar-refractivity contribution in [2.45, 2.75) is 12.5 Å². The number of rotatable bonds is 2. The van der Waals surface area contributed by atoms with Gasteiger partial charge in [-0.05, 0) is 29.3 Å². The normalized spacial score (nSPS) is 16.6. The molecule has 96 valence electrons. The molecule has 1 aliphatic heterocycles. The van der Waals surface area contributed by atoms with Crippen molar-refractivity contribution in [2.24, 2.45) is 0 Å². The van der Waals surface area contributed by atoms with Crippen molar-refractivity contribution >= 4 is 23.3 Å². The summed E-state index contributed by atoms with van der Waals surface area (Å²) in [4.78, 5) is 19.7. The fourth-order valence-corrected chi connectivity index (χ4v) is 2.09. The monoisotopic (exact) mass is 275 g/mol. The molecule has 1 aromatic carbocycles. The van der Waals surface area contributed by atoms with E-state index in [2.05, 4.69) is 15.3 Å². The molecule has 2 aromatic rings. The molecule has 1 atom stereocenters. The van der Waals surface area contributed by atoms with Gasteiger partial charge >= 0.3 is 0 Å². The quantitative estimate of drug-likeness (QED) is 0.852. The SMILES string of the molecule is O=C(Nc1ccnc(Cl)n1)C1Cc2ccccc2O1. The molecule has 0 saturated heterocycles. The molecule has 6 heteroatoms. The van der Waals surface area contributed by atoms with Crippen molar-refractivity contribution in [3.05, 3.63) is 47.4 Å². The molecule has 1 N–H and O–H groups in total. The zero-order chi connectivity index (χ0) is 13.2. The number of nitrogens with one attached hydrogen (secondary N) is 1. The van der Waals surface area contributed by atoms with Crippen molar-refractivity contribution in [1.82, 2.24) is 9.97 Å². The molecule has 1 amide bonds. The molecule has 1 aromatic heterocycles. The highest BCUT2D eigenvalue weighted by molar-refractivity contribution is 6.28. The minimum absolute atomic E-state index is 0.0911. The molecule has 0 bridgehead atoms. The number of hydrogen-bond acceptors (Lipinski definition) is 4. The Morgan fingerprint density at radius 1 is 1.37 bits per heavy atom. The molecule has 3 rings (SSSR count). The Kier molecular flexibility index (Phi) is 3.05. The molecule has 1 unspecified atom stereocenters. The first-order chi connectivity index (χ1) is 9.22. The summed E-state index contributed by atoms with van der Waals surface area (Å²) in [7, 11) is 0. The lowest BCUT2D eigenvalue weighted by Gasteiger charge is -2.10. The third-order valence-electron chi connectivity index (χ3n) is 2.82. The maximum Gasteiger partial charge on any atom is 0.266 e. The van der Waals surface area contributed by atoms with Gasteiger partial charge in [0.15, 0.2) is 6.10 Å². The van der Waals surface area contributed by atoms with Crippen LogP contribution in [0.2, 0.25) is 5.28 Å². The Morgan fingerprint density at radius 3 is 3.00 bits per heavy atom. The zero-order valence-corrected chi connectivity index (χ0v) is 10.6. The van der Waals surface area contributed by atoms with E-state index >= 15 is 0 Å². The Balaban J connectivity index is 1.70. The van der Waals surface area contributed by atoms with Crippen molar-refractivity contribution in [2.75, 3.05) is 5.32 Å². The zero-order valence-electron chi connectivity index (χ0n) is 9.84. The van der Waals surface area contributed by atoms with E-state index in [1.807, 2.05) is 24.3 Å². The van der Waals surface area contributed by atoms with Crippen LogP contribution in [-0.2, 0) is 11.2 Å². The summed E-state index contributed by atoms with van der Waals surface area (Å²) in [5.41, 5.74) is 1.03. The van der Waals surface area contributed by atoms with E-state index in [1.165, 1.54) is 6.20 Å². The van der Waals surface area contributed by atoms with Crippen molar-refractivity contribution in [1.29, 1.82) is 0 Å². The van der Waals surface area contributed by atoms with E-state index < -0.39 is 6.10 Å². The minimum Gasteiger partial charge on any atom is -0.480 e. The first-order valence-corrected chi connectivity index (χ1v) is 6.14. The van der Waals surface area contributed by atoms with Gasteiger partial charge in [0.2, 0.25) is 5.28 Å². The minimum atomic E-state index is -0.536. The maximum atomic E-state index is 12.1. The van der Waals surface area contributed by atoms with Gasteiger partial charge in [0.1, 0.15) is 11.6 Å². The van der Waals surface area contributed by atoms with Crippen LogP contribution in [0.15, 0.2) is 36.5 Å². The summed E-state index contributed by atoms with van der Waals surface area (Å²) in [6.45, 7) is 0. The maximum absolute atomic E-state index is 12.1. The second-order valence-corrected chi connectivity index (χ2v) is 4.46. The summed E-state index contributed by atoms with van der Waals surface area (Å²) in [6.07, 6.45) is 1.50. The smallest absolute Gasteiger partial charge is 0.266 e. The average molecular weight is 276 g/mol. The van der Waals surface area contributed by atoms with Gasteiger partial charge in [-0.2, -0.15) is 0 Å². The molecular weight excluding hydrogens is 266 g/mol. The lowest BCUT2D eigenvalue weighted by Crippen LogP contribution is -2.31. The number of aromatic nitrogens is 2. The van der Waals surface area contributed by atoms with Gasteiger partial charge in [-0.15, -0.1) is 0 Å². The van der Waals surface area contributed by atoms with Crippen LogP contribution >= 0.6 is 11.6 Å². The third kappa shape index (κ3) is 2.51. The molecule has 1 aliphatic rings. The fourth-order valence-electron chi connectivity index (χ4n) is 1.94. The van der Waals surface area contributed by atoms with Gasteiger partial charge in [0.25, 0.3) is 5.91 Å². The topological polar surface area (TPSA) is 64.1 Å². The Bertz CT molecular complexity index is 608. The van der Waals surface area contributed by atoms with Crippen molar-refractivity contribution in [3.8, 4) is 5.75 Å². The number of para-hydroxylation sites is 1. The lowest BCUT2D eigenvalue weighted by molar-refractivity contribution is -0.122. The largest absolute Gasteiger partial charge is 0.480 e. The van der Waals surface area contributed by atoms with Crippen molar-refractivity contribution in [3.63, 3.8) is 0 Å². The van der Waals surface area contributed by atoms with Crippen LogP contribution in [0, 0.1) is 0 Å². The third-order valence-corrected chi connectivity index (χ3v) is 3.00. The Hall–Kier alpha value is -2.14. The number of carbonyl (C=O) groups excluding carboxylic acids is 1. The van der Waals surface area contributed by atoms with Crippen molar-refractivity contribution < 1.29 is 9.53 Å². The first-order valence-electron chi connectivity index (χ1n) is 5.76. The molecule has 0 spiro atoms. The van der Waals surface area contributed by atoms with E-state index in [0.29, 0.717) is 12.2 Å². The number of hydrogen-bond donors (Lipinski definition) is 1. The van der Waals surface area contributed by atoms with Crippen LogP contribution in [0.1, 0.15) is 5.56 Å². The molecular formula is C13H10ClN3O2. The average Bonchev–Trinajstić information content (AvgIpc) is 2.82. The van der Waals surface area contributed by atoms with Crippen LogP contribution in [-0.4, -0.2) is 22.0 Å². The molecule has 5 nitrogen and oxygen atoms in total. The van der Waals surface area contributed by atoms with Gasteiger partial charge in [0, 0.05) is 12.6 Å². The predicted molar refractivity (Wildman–Crippen MR) is 70.2 cm³/mol. The molecule has 2 heterocycles. The Labute approximate surface area is 114 Å².